The third-order valence-corrected chi connectivity index (χ3v) is 4.15. The lowest BCUT2D eigenvalue weighted by Gasteiger charge is -2.18. The number of amides is 2. The highest BCUT2D eigenvalue weighted by Crippen LogP contribution is 2.22. The minimum absolute atomic E-state index is 0.00482. The molecule has 23 heavy (non-hydrogen) atoms. The number of carbonyl (C=O) groups is 3. The fraction of sp³-hybridized carbons (Fsp3) is 0.600. The molecule has 1 fully saturated rings. The number of nitrogens with one attached hydrogen (secondary N) is 1. The first-order valence-corrected chi connectivity index (χ1v) is 8.50. The number of anilines is 1. The summed E-state index contributed by atoms with van der Waals surface area (Å²) in [6.45, 7) is 7.15. The number of hydrogen-bond acceptors (Lipinski definition) is 6. The van der Waals surface area contributed by atoms with Crippen LogP contribution in [0.1, 0.15) is 37.7 Å². The van der Waals surface area contributed by atoms with Crippen molar-refractivity contribution in [2.75, 3.05) is 25.0 Å². The van der Waals surface area contributed by atoms with Crippen molar-refractivity contribution in [1.82, 2.24) is 9.88 Å². The van der Waals surface area contributed by atoms with Gasteiger partial charge in [0.25, 0.3) is 0 Å². The molecule has 1 aliphatic heterocycles. The molecule has 1 aromatic heterocycles. The van der Waals surface area contributed by atoms with Crippen LogP contribution < -0.4 is 5.32 Å². The van der Waals surface area contributed by atoms with Crippen molar-refractivity contribution in [3.63, 3.8) is 0 Å². The van der Waals surface area contributed by atoms with Crippen LogP contribution in [0.2, 0.25) is 0 Å². The normalized spacial score (nSPS) is 17.7. The Labute approximate surface area is 139 Å². The van der Waals surface area contributed by atoms with Crippen LogP contribution in [0.15, 0.2) is 5.38 Å². The van der Waals surface area contributed by atoms with E-state index in [0.717, 1.165) is 11.3 Å². The molecule has 0 aliphatic carbocycles. The van der Waals surface area contributed by atoms with Crippen molar-refractivity contribution < 1.29 is 19.1 Å². The summed E-state index contributed by atoms with van der Waals surface area (Å²) >= 11 is 1.16. The highest BCUT2D eigenvalue weighted by molar-refractivity contribution is 7.14. The van der Waals surface area contributed by atoms with Gasteiger partial charge in [-0.3, -0.25) is 9.59 Å². The van der Waals surface area contributed by atoms with Crippen LogP contribution in [0, 0.1) is 11.8 Å². The number of aromatic nitrogens is 1. The molecule has 1 saturated heterocycles. The predicted molar refractivity (Wildman–Crippen MR) is 86.2 cm³/mol. The molecule has 8 heteroatoms. The van der Waals surface area contributed by atoms with E-state index in [-0.39, 0.29) is 36.5 Å². The molecule has 0 aromatic carbocycles. The smallest absolute Gasteiger partial charge is 0.357 e. The van der Waals surface area contributed by atoms with Crippen LogP contribution in [-0.2, 0) is 14.3 Å². The molecule has 2 amide bonds. The Balaban J connectivity index is 1.92. The lowest BCUT2D eigenvalue weighted by molar-refractivity contribution is -0.128. The van der Waals surface area contributed by atoms with Gasteiger partial charge in [0.1, 0.15) is 0 Å². The van der Waals surface area contributed by atoms with Crippen molar-refractivity contribution in [3.8, 4) is 0 Å². The lowest BCUT2D eigenvalue weighted by Crippen LogP contribution is -2.31. The topological polar surface area (TPSA) is 88.6 Å². The Hall–Kier alpha value is -1.96. The highest BCUT2D eigenvalue weighted by Gasteiger charge is 2.34. The maximum absolute atomic E-state index is 12.3. The molecule has 7 nitrogen and oxygen atoms in total. The van der Waals surface area contributed by atoms with Crippen molar-refractivity contribution in [2.45, 2.75) is 27.2 Å². The fourth-order valence-corrected chi connectivity index (χ4v) is 3.09. The van der Waals surface area contributed by atoms with Crippen molar-refractivity contribution in [1.29, 1.82) is 0 Å². The van der Waals surface area contributed by atoms with Gasteiger partial charge in [-0.25, -0.2) is 9.78 Å². The van der Waals surface area contributed by atoms with E-state index in [1.165, 1.54) is 0 Å². The third-order valence-electron chi connectivity index (χ3n) is 3.39. The van der Waals surface area contributed by atoms with Crippen LogP contribution in [0.4, 0.5) is 5.13 Å². The Morgan fingerprint density at radius 1 is 1.52 bits per heavy atom. The molecular formula is C15H21N3O4S. The average molecular weight is 339 g/mol. The molecule has 1 aliphatic rings. The number of rotatable bonds is 6. The quantitative estimate of drug-likeness (QED) is 0.798. The molecular weight excluding hydrogens is 318 g/mol. The second-order valence-electron chi connectivity index (χ2n) is 5.84. The maximum Gasteiger partial charge on any atom is 0.357 e. The SMILES string of the molecule is CCOC(=O)c1csc(NC(=O)C2CC(=O)N(CC(C)C)C2)n1. The zero-order valence-corrected chi connectivity index (χ0v) is 14.3. The van der Waals surface area contributed by atoms with Gasteiger partial charge in [0.15, 0.2) is 10.8 Å². The molecule has 1 N–H and O–H groups in total. The van der Waals surface area contributed by atoms with E-state index in [2.05, 4.69) is 10.3 Å². The van der Waals surface area contributed by atoms with Crippen LogP contribution in [0.5, 0.6) is 0 Å². The molecule has 0 spiro atoms. The fourth-order valence-electron chi connectivity index (χ4n) is 2.40. The van der Waals surface area contributed by atoms with Crippen molar-refractivity contribution in [2.24, 2.45) is 11.8 Å². The molecule has 1 unspecified atom stereocenters. The summed E-state index contributed by atoms with van der Waals surface area (Å²) in [5, 5.41) is 4.56. The Morgan fingerprint density at radius 3 is 2.91 bits per heavy atom. The summed E-state index contributed by atoms with van der Waals surface area (Å²) in [5.41, 5.74) is 0.177. The molecule has 2 heterocycles. The molecule has 1 aromatic rings. The molecule has 0 saturated carbocycles. The number of nitrogens with zero attached hydrogens (tertiary/aromatic N) is 2. The molecule has 0 bridgehead atoms. The number of likely N-dealkylation sites (tertiary alicyclic amines) is 1. The van der Waals surface area contributed by atoms with Gasteiger partial charge in [-0.15, -0.1) is 11.3 Å². The van der Waals surface area contributed by atoms with Crippen LogP contribution >= 0.6 is 11.3 Å². The molecule has 2 rings (SSSR count). The summed E-state index contributed by atoms with van der Waals surface area (Å²) in [7, 11) is 0. The zero-order chi connectivity index (χ0) is 17.0. The van der Waals surface area contributed by atoms with Gasteiger partial charge in [0.05, 0.1) is 12.5 Å². The minimum Gasteiger partial charge on any atom is -0.461 e. The minimum atomic E-state index is -0.511. The second-order valence-corrected chi connectivity index (χ2v) is 6.70. The van der Waals surface area contributed by atoms with Crippen molar-refractivity contribution in [3.05, 3.63) is 11.1 Å². The second kappa shape index (κ2) is 7.54. The Kier molecular flexibility index (Phi) is 5.70. The summed E-state index contributed by atoms with van der Waals surface area (Å²) in [6, 6.07) is 0. The van der Waals surface area contributed by atoms with Gasteiger partial charge >= 0.3 is 5.97 Å². The largest absolute Gasteiger partial charge is 0.461 e. The van der Waals surface area contributed by atoms with Crippen LogP contribution in [0.25, 0.3) is 0 Å². The third kappa shape index (κ3) is 4.51. The summed E-state index contributed by atoms with van der Waals surface area (Å²) in [4.78, 5) is 41.5. The number of carbonyl (C=O) groups excluding carboxylic acids is 3. The number of thiazole rings is 1. The van der Waals surface area contributed by atoms with Crippen molar-refractivity contribution >= 4 is 34.3 Å². The van der Waals surface area contributed by atoms with E-state index in [1.54, 1.807) is 17.2 Å². The average Bonchev–Trinajstić information content (AvgIpc) is 3.06. The Bertz CT molecular complexity index is 599. The highest BCUT2D eigenvalue weighted by atomic mass is 32.1. The van der Waals surface area contributed by atoms with Crippen LogP contribution in [0.3, 0.4) is 0 Å². The van der Waals surface area contributed by atoms with E-state index in [9.17, 15) is 14.4 Å². The number of esters is 1. The maximum atomic E-state index is 12.3. The van der Waals surface area contributed by atoms with Gasteiger partial charge in [-0.05, 0) is 12.8 Å². The van der Waals surface area contributed by atoms with Gasteiger partial charge in [0, 0.05) is 24.9 Å². The monoisotopic (exact) mass is 339 g/mol. The Morgan fingerprint density at radius 2 is 2.26 bits per heavy atom. The van der Waals surface area contributed by atoms with E-state index in [0.29, 0.717) is 24.1 Å². The summed E-state index contributed by atoms with van der Waals surface area (Å²) < 4.78 is 4.85. The molecule has 0 radical (unpaired) electrons. The first-order chi connectivity index (χ1) is 10.9. The standard InChI is InChI=1S/C15H21N3O4S/c1-4-22-14(21)11-8-23-15(16-11)17-13(20)10-5-12(19)18(7-10)6-9(2)3/h8-10H,4-7H2,1-3H3,(H,16,17,20). The van der Waals surface area contributed by atoms with E-state index < -0.39 is 5.97 Å². The van der Waals surface area contributed by atoms with Gasteiger partial charge in [0.2, 0.25) is 11.8 Å². The van der Waals surface area contributed by atoms with E-state index in [4.69, 9.17) is 4.74 Å². The first-order valence-electron chi connectivity index (χ1n) is 7.62. The molecule has 126 valence electrons. The summed E-state index contributed by atoms with van der Waals surface area (Å²) in [6.07, 6.45) is 0.217. The van der Waals surface area contributed by atoms with E-state index in [1.807, 2.05) is 13.8 Å². The molecule has 1 atom stereocenters. The van der Waals surface area contributed by atoms with Gasteiger partial charge in [-0.2, -0.15) is 0 Å². The predicted octanol–water partition coefficient (Wildman–Crippen LogP) is 1.76. The van der Waals surface area contributed by atoms with E-state index >= 15 is 0 Å². The number of hydrogen-bond donors (Lipinski definition) is 1. The van der Waals surface area contributed by atoms with Gasteiger partial charge < -0.3 is 15.0 Å². The first kappa shape index (κ1) is 17.4. The zero-order valence-electron chi connectivity index (χ0n) is 13.5. The summed E-state index contributed by atoms with van der Waals surface area (Å²) in [5.74, 6) is -0.758. The number of ether oxygens (including phenoxy) is 1. The lowest BCUT2D eigenvalue weighted by atomic mass is 10.1. The van der Waals surface area contributed by atoms with Crippen LogP contribution in [-0.4, -0.2) is 47.4 Å². The van der Waals surface area contributed by atoms with Gasteiger partial charge in [-0.1, -0.05) is 13.8 Å².